The van der Waals surface area contributed by atoms with E-state index in [0.717, 1.165) is 29.6 Å². The Labute approximate surface area is 128 Å². The fraction of sp³-hybridized carbons (Fsp3) is 0.500. The van der Waals surface area contributed by atoms with Crippen molar-refractivity contribution < 1.29 is 4.74 Å². The summed E-state index contributed by atoms with van der Waals surface area (Å²) in [5.41, 5.74) is 7.76. The average molecular weight is 343 g/mol. The Kier molecular flexibility index (Phi) is 4.81. The first-order valence-corrected chi connectivity index (χ1v) is 7.70. The van der Waals surface area contributed by atoms with Crippen LogP contribution in [0.25, 0.3) is 0 Å². The third-order valence-corrected chi connectivity index (χ3v) is 4.36. The predicted octanol–water partition coefficient (Wildman–Crippen LogP) is 3.09. The smallest absolute Gasteiger partial charge is 0.105 e. The standard InChI is InChI=1S/C14H19BrN2OS/c1-3-10-8-18-9(2)7-17(10)11-4-5-12(14(16)19)13(15)6-11/h4-6,9-10H,3,7-8H2,1-2H3,(H2,16,19). The number of thiocarbonyl (C=S) groups is 1. The minimum Gasteiger partial charge on any atom is -0.389 e. The van der Waals surface area contributed by atoms with Crippen LogP contribution in [0.4, 0.5) is 5.69 Å². The van der Waals surface area contributed by atoms with Gasteiger partial charge in [-0.1, -0.05) is 19.1 Å². The molecule has 0 radical (unpaired) electrons. The van der Waals surface area contributed by atoms with Crippen molar-refractivity contribution in [2.45, 2.75) is 32.4 Å². The maximum atomic E-state index is 5.73. The molecule has 1 aliphatic rings. The van der Waals surface area contributed by atoms with Crippen LogP contribution in [-0.4, -0.2) is 30.3 Å². The first-order chi connectivity index (χ1) is 9.02. The number of nitrogens with zero attached hydrogens (tertiary/aromatic N) is 1. The highest BCUT2D eigenvalue weighted by Gasteiger charge is 2.26. The first-order valence-electron chi connectivity index (χ1n) is 6.50. The molecule has 1 saturated heterocycles. The largest absolute Gasteiger partial charge is 0.389 e. The molecule has 2 unspecified atom stereocenters. The molecule has 1 fully saturated rings. The molecular weight excluding hydrogens is 324 g/mol. The van der Waals surface area contributed by atoms with E-state index in [4.69, 9.17) is 22.7 Å². The van der Waals surface area contributed by atoms with Crippen molar-refractivity contribution in [3.8, 4) is 0 Å². The van der Waals surface area contributed by atoms with Gasteiger partial charge in [0.25, 0.3) is 0 Å². The molecule has 0 bridgehead atoms. The second-order valence-corrected chi connectivity index (χ2v) is 6.18. The van der Waals surface area contributed by atoms with Crippen molar-refractivity contribution in [1.82, 2.24) is 0 Å². The first kappa shape index (κ1) is 14.8. The van der Waals surface area contributed by atoms with Crippen LogP contribution in [0.15, 0.2) is 22.7 Å². The van der Waals surface area contributed by atoms with Gasteiger partial charge in [0, 0.05) is 22.3 Å². The summed E-state index contributed by atoms with van der Waals surface area (Å²) >= 11 is 8.57. The van der Waals surface area contributed by atoms with Gasteiger partial charge < -0.3 is 15.4 Å². The Morgan fingerprint density at radius 3 is 2.89 bits per heavy atom. The van der Waals surface area contributed by atoms with E-state index < -0.39 is 0 Å². The van der Waals surface area contributed by atoms with E-state index in [9.17, 15) is 0 Å². The van der Waals surface area contributed by atoms with Gasteiger partial charge in [-0.25, -0.2) is 0 Å². The summed E-state index contributed by atoms with van der Waals surface area (Å²) in [5.74, 6) is 0. The summed E-state index contributed by atoms with van der Waals surface area (Å²) in [6.45, 7) is 6.00. The van der Waals surface area contributed by atoms with E-state index in [1.165, 1.54) is 5.69 Å². The third kappa shape index (κ3) is 3.27. The molecule has 2 atom stereocenters. The van der Waals surface area contributed by atoms with Gasteiger partial charge in [0.05, 0.1) is 18.8 Å². The van der Waals surface area contributed by atoms with Gasteiger partial charge in [0.2, 0.25) is 0 Å². The zero-order valence-electron chi connectivity index (χ0n) is 11.2. The van der Waals surface area contributed by atoms with Crippen LogP contribution in [-0.2, 0) is 4.74 Å². The Morgan fingerprint density at radius 2 is 2.32 bits per heavy atom. The zero-order chi connectivity index (χ0) is 14.0. The van der Waals surface area contributed by atoms with E-state index in [0.29, 0.717) is 11.0 Å². The topological polar surface area (TPSA) is 38.5 Å². The number of halogens is 1. The molecule has 1 aromatic rings. The molecular formula is C14H19BrN2OS. The molecule has 104 valence electrons. The van der Waals surface area contributed by atoms with E-state index in [1.54, 1.807) is 0 Å². The molecule has 19 heavy (non-hydrogen) atoms. The molecule has 2 rings (SSSR count). The zero-order valence-corrected chi connectivity index (χ0v) is 13.6. The highest BCUT2D eigenvalue weighted by molar-refractivity contribution is 9.10. The van der Waals surface area contributed by atoms with E-state index in [-0.39, 0.29) is 6.10 Å². The minimum atomic E-state index is 0.261. The van der Waals surface area contributed by atoms with Crippen LogP contribution in [0, 0.1) is 0 Å². The van der Waals surface area contributed by atoms with Crippen molar-refractivity contribution >= 4 is 38.8 Å². The molecule has 1 heterocycles. The Hall–Kier alpha value is -0.650. The molecule has 2 N–H and O–H groups in total. The minimum absolute atomic E-state index is 0.261. The molecule has 0 spiro atoms. The molecule has 0 aliphatic carbocycles. The van der Waals surface area contributed by atoms with E-state index in [2.05, 4.69) is 46.8 Å². The fourth-order valence-electron chi connectivity index (χ4n) is 2.38. The Balaban J connectivity index is 2.29. The van der Waals surface area contributed by atoms with Gasteiger partial charge in [-0.2, -0.15) is 0 Å². The summed E-state index contributed by atoms with van der Waals surface area (Å²) in [6.07, 6.45) is 1.33. The molecule has 5 heteroatoms. The summed E-state index contributed by atoms with van der Waals surface area (Å²) in [4.78, 5) is 2.82. The number of morpholine rings is 1. The highest BCUT2D eigenvalue weighted by Crippen LogP contribution is 2.28. The lowest BCUT2D eigenvalue weighted by atomic mass is 10.1. The molecule has 1 aromatic carbocycles. The van der Waals surface area contributed by atoms with Gasteiger partial charge in [0.15, 0.2) is 0 Å². The van der Waals surface area contributed by atoms with E-state index >= 15 is 0 Å². The molecule has 0 saturated carbocycles. The molecule has 1 aliphatic heterocycles. The summed E-state index contributed by atoms with van der Waals surface area (Å²) < 4.78 is 6.68. The highest BCUT2D eigenvalue weighted by atomic mass is 79.9. The summed E-state index contributed by atoms with van der Waals surface area (Å²) in [5, 5.41) is 0. The van der Waals surface area contributed by atoms with Gasteiger partial charge in [-0.05, 0) is 47.5 Å². The van der Waals surface area contributed by atoms with Crippen molar-refractivity contribution in [2.24, 2.45) is 5.73 Å². The number of anilines is 1. The van der Waals surface area contributed by atoms with Crippen LogP contribution in [0.1, 0.15) is 25.8 Å². The third-order valence-electron chi connectivity index (χ3n) is 3.49. The van der Waals surface area contributed by atoms with Crippen LogP contribution < -0.4 is 10.6 Å². The van der Waals surface area contributed by atoms with Crippen LogP contribution in [0.5, 0.6) is 0 Å². The number of hydrogen-bond acceptors (Lipinski definition) is 3. The van der Waals surface area contributed by atoms with Crippen LogP contribution in [0.3, 0.4) is 0 Å². The maximum absolute atomic E-state index is 5.73. The predicted molar refractivity (Wildman–Crippen MR) is 86.9 cm³/mol. The quantitative estimate of drug-likeness (QED) is 0.856. The van der Waals surface area contributed by atoms with Gasteiger partial charge in [0.1, 0.15) is 4.99 Å². The van der Waals surface area contributed by atoms with Crippen LogP contribution >= 0.6 is 28.1 Å². The number of ether oxygens (including phenoxy) is 1. The van der Waals surface area contributed by atoms with Gasteiger partial charge in [-0.15, -0.1) is 0 Å². The maximum Gasteiger partial charge on any atom is 0.105 e. The number of rotatable bonds is 3. The lowest BCUT2D eigenvalue weighted by Crippen LogP contribution is -2.48. The van der Waals surface area contributed by atoms with Crippen molar-refractivity contribution in [2.75, 3.05) is 18.1 Å². The number of nitrogens with two attached hydrogens (primary N) is 1. The number of hydrogen-bond donors (Lipinski definition) is 1. The Bertz CT molecular complexity index is 481. The second kappa shape index (κ2) is 6.20. The van der Waals surface area contributed by atoms with Crippen molar-refractivity contribution in [3.05, 3.63) is 28.2 Å². The molecule has 3 nitrogen and oxygen atoms in total. The van der Waals surface area contributed by atoms with E-state index in [1.807, 2.05) is 6.07 Å². The molecule has 0 amide bonds. The van der Waals surface area contributed by atoms with Crippen molar-refractivity contribution in [3.63, 3.8) is 0 Å². The fourth-order valence-corrected chi connectivity index (χ4v) is 3.27. The summed E-state index contributed by atoms with van der Waals surface area (Å²) in [6, 6.07) is 6.59. The Morgan fingerprint density at radius 1 is 1.58 bits per heavy atom. The molecule has 0 aromatic heterocycles. The van der Waals surface area contributed by atoms with Crippen LogP contribution in [0.2, 0.25) is 0 Å². The van der Waals surface area contributed by atoms with Gasteiger partial charge >= 0.3 is 0 Å². The summed E-state index contributed by atoms with van der Waals surface area (Å²) in [7, 11) is 0. The normalized spacial score (nSPS) is 23.4. The van der Waals surface area contributed by atoms with Crippen molar-refractivity contribution in [1.29, 1.82) is 0 Å². The lowest BCUT2D eigenvalue weighted by molar-refractivity contribution is 0.0299. The van der Waals surface area contributed by atoms with Gasteiger partial charge in [-0.3, -0.25) is 0 Å². The second-order valence-electron chi connectivity index (χ2n) is 4.89. The lowest BCUT2D eigenvalue weighted by Gasteiger charge is -2.40. The monoisotopic (exact) mass is 342 g/mol. The average Bonchev–Trinajstić information content (AvgIpc) is 2.38. The SMILES string of the molecule is CCC1COC(C)CN1c1ccc(C(N)=S)c(Br)c1. The number of benzene rings is 1.